The summed E-state index contributed by atoms with van der Waals surface area (Å²) in [6, 6.07) is 8.92. The van der Waals surface area contributed by atoms with Gasteiger partial charge in [0.2, 0.25) is 0 Å². The fraction of sp³-hybridized carbons (Fsp3) is 0.294. The topological polar surface area (TPSA) is 54.2 Å². The Morgan fingerprint density at radius 2 is 2.00 bits per heavy atom. The summed E-state index contributed by atoms with van der Waals surface area (Å²) in [4.78, 5) is 4.44. The Kier molecular flexibility index (Phi) is 3.49. The lowest BCUT2D eigenvalue weighted by Crippen LogP contribution is -2.07. The van der Waals surface area contributed by atoms with Gasteiger partial charge < -0.3 is 10.6 Å². The highest BCUT2D eigenvalue weighted by atomic mass is 79.9. The van der Waals surface area contributed by atoms with Crippen molar-refractivity contribution >= 4 is 38.8 Å². The van der Waals surface area contributed by atoms with Crippen molar-refractivity contribution in [2.45, 2.75) is 32.7 Å². The van der Waals surface area contributed by atoms with Crippen molar-refractivity contribution in [3.05, 3.63) is 46.2 Å². The maximum atomic E-state index is 4.63. The molecule has 1 aliphatic rings. The fourth-order valence-corrected chi connectivity index (χ4v) is 2.87. The molecule has 1 aromatic carbocycles. The van der Waals surface area contributed by atoms with E-state index in [2.05, 4.69) is 68.7 Å². The summed E-state index contributed by atoms with van der Waals surface area (Å²) in [5, 5.41) is 11.6. The molecule has 1 saturated carbocycles. The normalized spacial score (nSPS) is 14.2. The molecule has 4 rings (SSSR count). The zero-order valence-electron chi connectivity index (χ0n) is 13.1. The van der Waals surface area contributed by atoms with E-state index in [1.165, 1.54) is 24.0 Å². The smallest absolute Gasteiger partial charge is 0.178 e. The minimum atomic E-state index is 0.561. The molecule has 0 saturated heterocycles. The number of aromatic nitrogens is 3. The van der Waals surface area contributed by atoms with E-state index in [0.717, 1.165) is 27.4 Å². The monoisotopic (exact) mass is 371 g/mol. The lowest BCUT2D eigenvalue weighted by Gasteiger charge is -2.12. The zero-order chi connectivity index (χ0) is 16.0. The van der Waals surface area contributed by atoms with E-state index in [-0.39, 0.29) is 0 Å². The van der Waals surface area contributed by atoms with E-state index in [9.17, 15) is 0 Å². The van der Waals surface area contributed by atoms with E-state index in [4.69, 9.17) is 0 Å². The number of aryl methyl sites for hydroxylation is 2. The van der Waals surface area contributed by atoms with Crippen LogP contribution in [0.4, 0.5) is 17.2 Å². The maximum Gasteiger partial charge on any atom is 0.178 e. The summed E-state index contributed by atoms with van der Waals surface area (Å²) in [5.41, 5.74) is 5.44. The van der Waals surface area contributed by atoms with Crippen molar-refractivity contribution < 1.29 is 0 Å². The summed E-state index contributed by atoms with van der Waals surface area (Å²) in [6.07, 6.45) is 4.22. The van der Waals surface area contributed by atoms with Gasteiger partial charge in [0, 0.05) is 17.8 Å². The molecule has 23 heavy (non-hydrogen) atoms. The first kappa shape index (κ1) is 14.5. The van der Waals surface area contributed by atoms with Crippen molar-refractivity contribution in [1.82, 2.24) is 14.6 Å². The predicted octanol–water partition coefficient (Wildman–Crippen LogP) is 4.43. The van der Waals surface area contributed by atoms with Gasteiger partial charge in [0.15, 0.2) is 11.5 Å². The number of hydrogen-bond acceptors (Lipinski definition) is 4. The molecule has 3 aromatic rings. The number of nitrogens with zero attached hydrogens (tertiary/aromatic N) is 3. The van der Waals surface area contributed by atoms with Crippen LogP contribution in [-0.2, 0) is 0 Å². The zero-order valence-corrected chi connectivity index (χ0v) is 14.7. The first-order valence-corrected chi connectivity index (χ1v) is 8.54. The predicted molar refractivity (Wildman–Crippen MR) is 96.5 cm³/mol. The van der Waals surface area contributed by atoms with E-state index < -0.39 is 0 Å². The van der Waals surface area contributed by atoms with Gasteiger partial charge in [-0.05, 0) is 65.9 Å². The summed E-state index contributed by atoms with van der Waals surface area (Å²) in [5.74, 6) is 0.794. The maximum absolute atomic E-state index is 4.63. The molecule has 118 valence electrons. The van der Waals surface area contributed by atoms with E-state index in [0.29, 0.717) is 6.04 Å². The molecular formula is C17H18BrN5. The number of hydrogen-bond donors (Lipinski definition) is 2. The molecule has 2 N–H and O–H groups in total. The lowest BCUT2D eigenvalue weighted by atomic mass is 10.1. The fourth-order valence-electron chi connectivity index (χ4n) is 2.52. The Bertz CT molecular complexity index is 882. The first-order valence-electron chi connectivity index (χ1n) is 7.75. The van der Waals surface area contributed by atoms with Gasteiger partial charge >= 0.3 is 0 Å². The molecule has 0 unspecified atom stereocenters. The molecule has 5 nitrogen and oxygen atoms in total. The summed E-state index contributed by atoms with van der Waals surface area (Å²) < 4.78 is 2.66. The van der Waals surface area contributed by atoms with E-state index in [1.54, 1.807) is 6.20 Å². The number of nitrogens with one attached hydrogen (secondary N) is 2. The average Bonchev–Trinajstić information content (AvgIpc) is 3.26. The Hall–Kier alpha value is -2.08. The number of fused-ring (bicyclic) bond motifs is 1. The van der Waals surface area contributed by atoms with Crippen molar-refractivity contribution in [3.63, 3.8) is 0 Å². The van der Waals surface area contributed by atoms with Crippen LogP contribution >= 0.6 is 15.9 Å². The van der Waals surface area contributed by atoms with Crippen LogP contribution in [0.1, 0.15) is 24.0 Å². The molecule has 0 atom stereocenters. The van der Waals surface area contributed by atoms with Crippen molar-refractivity contribution in [2.24, 2.45) is 0 Å². The summed E-state index contributed by atoms with van der Waals surface area (Å²) in [6.45, 7) is 4.23. The highest BCUT2D eigenvalue weighted by Gasteiger charge is 2.23. The van der Waals surface area contributed by atoms with Crippen LogP contribution in [-0.4, -0.2) is 20.6 Å². The third kappa shape index (κ3) is 2.91. The number of anilines is 3. The van der Waals surface area contributed by atoms with Gasteiger partial charge in [0.05, 0.1) is 11.9 Å². The quantitative estimate of drug-likeness (QED) is 0.712. The highest BCUT2D eigenvalue weighted by Crippen LogP contribution is 2.30. The third-order valence-corrected chi connectivity index (χ3v) is 4.68. The number of halogens is 1. The van der Waals surface area contributed by atoms with Gasteiger partial charge in [-0.3, -0.25) is 0 Å². The van der Waals surface area contributed by atoms with Crippen LogP contribution in [0.15, 0.2) is 35.1 Å². The second-order valence-electron chi connectivity index (χ2n) is 6.10. The molecule has 0 radical (unpaired) electrons. The van der Waals surface area contributed by atoms with Crippen LogP contribution < -0.4 is 10.6 Å². The van der Waals surface area contributed by atoms with Gasteiger partial charge in [0.25, 0.3) is 0 Å². The highest BCUT2D eigenvalue weighted by molar-refractivity contribution is 9.10. The molecule has 6 heteroatoms. The second kappa shape index (κ2) is 5.53. The first-order chi connectivity index (χ1) is 11.1. The number of benzene rings is 1. The second-order valence-corrected chi connectivity index (χ2v) is 6.91. The van der Waals surface area contributed by atoms with Crippen LogP contribution in [0.3, 0.4) is 0 Å². The standard InChI is InChI=1S/C17H18BrN5/c1-10-3-4-13(7-11(10)2)21-16-8-14(20-12-5-6-12)17-19-9-15(18)23(17)22-16/h3-4,7-9,12,20H,5-6H2,1-2H3,(H,21,22). The largest absolute Gasteiger partial charge is 0.379 e. The average molecular weight is 372 g/mol. The molecular weight excluding hydrogens is 354 g/mol. The van der Waals surface area contributed by atoms with Gasteiger partial charge in [-0.2, -0.15) is 0 Å². The van der Waals surface area contributed by atoms with Gasteiger partial charge in [-0.1, -0.05) is 6.07 Å². The minimum Gasteiger partial charge on any atom is -0.379 e. The number of imidazole rings is 1. The molecule has 0 aliphatic heterocycles. The summed E-state index contributed by atoms with van der Waals surface area (Å²) >= 11 is 3.51. The van der Waals surface area contributed by atoms with Gasteiger partial charge in [-0.15, -0.1) is 5.10 Å². The van der Waals surface area contributed by atoms with Crippen LogP contribution in [0, 0.1) is 13.8 Å². The van der Waals surface area contributed by atoms with Crippen molar-refractivity contribution in [1.29, 1.82) is 0 Å². The molecule has 2 aromatic heterocycles. The molecule has 1 aliphatic carbocycles. The Labute approximate surface area is 143 Å². The van der Waals surface area contributed by atoms with Crippen molar-refractivity contribution in [3.8, 4) is 0 Å². The van der Waals surface area contributed by atoms with E-state index in [1.807, 2.05) is 10.6 Å². The Morgan fingerprint density at radius 3 is 2.74 bits per heavy atom. The Morgan fingerprint density at radius 1 is 1.17 bits per heavy atom. The molecule has 1 fully saturated rings. The Balaban J connectivity index is 1.73. The molecule has 0 amide bonds. The third-order valence-electron chi connectivity index (χ3n) is 4.14. The minimum absolute atomic E-state index is 0.561. The molecule has 0 bridgehead atoms. The number of rotatable bonds is 4. The van der Waals surface area contributed by atoms with Crippen LogP contribution in [0.5, 0.6) is 0 Å². The van der Waals surface area contributed by atoms with E-state index >= 15 is 0 Å². The van der Waals surface area contributed by atoms with Gasteiger partial charge in [-0.25, -0.2) is 9.50 Å². The SMILES string of the molecule is Cc1ccc(Nc2cc(NC3CC3)c3ncc(Br)n3n2)cc1C. The van der Waals surface area contributed by atoms with Gasteiger partial charge in [0.1, 0.15) is 4.60 Å². The van der Waals surface area contributed by atoms with Crippen LogP contribution in [0.2, 0.25) is 0 Å². The summed E-state index contributed by atoms with van der Waals surface area (Å²) in [7, 11) is 0. The lowest BCUT2D eigenvalue weighted by molar-refractivity contribution is 0.919. The van der Waals surface area contributed by atoms with Crippen LogP contribution in [0.25, 0.3) is 5.65 Å². The molecule has 2 heterocycles. The van der Waals surface area contributed by atoms with Crippen molar-refractivity contribution in [2.75, 3.05) is 10.6 Å². The molecule has 0 spiro atoms.